The summed E-state index contributed by atoms with van der Waals surface area (Å²) < 4.78 is 23.1. The van der Waals surface area contributed by atoms with Crippen molar-refractivity contribution in [1.82, 2.24) is 0 Å². The van der Waals surface area contributed by atoms with Crippen molar-refractivity contribution >= 4 is 0 Å². The lowest BCUT2D eigenvalue weighted by Crippen LogP contribution is -2.29. The predicted octanol–water partition coefficient (Wildman–Crippen LogP) is 3.55. The van der Waals surface area contributed by atoms with Crippen LogP contribution in [-0.4, -0.2) is 32.2 Å². The highest BCUT2D eigenvalue weighted by atomic mass is 16.7. The van der Waals surface area contributed by atoms with Gasteiger partial charge in [0.15, 0.2) is 6.29 Å². The van der Waals surface area contributed by atoms with E-state index >= 15 is 0 Å². The third kappa shape index (κ3) is 4.89. The van der Waals surface area contributed by atoms with E-state index in [0.29, 0.717) is 19.8 Å². The second-order valence-corrected chi connectivity index (χ2v) is 5.91. The first kappa shape index (κ1) is 17.1. The van der Waals surface area contributed by atoms with Crippen molar-refractivity contribution in [3.8, 4) is 0 Å². The molecule has 0 bridgehead atoms. The maximum Gasteiger partial charge on any atom is 0.160 e. The molecular formula is C20H24O4. The summed E-state index contributed by atoms with van der Waals surface area (Å²) >= 11 is 0. The smallest absolute Gasteiger partial charge is 0.160 e. The Morgan fingerprint density at radius 2 is 1.54 bits per heavy atom. The van der Waals surface area contributed by atoms with Gasteiger partial charge >= 0.3 is 0 Å². The fraction of sp³-hybridized carbons (Fsp3) is 0.400. The van der Waals surface area contributed by atoms with Crippen LogP contribution in [0, 0.1) is 0 Å². The molecule has 1 aliphatic rings. The van der Waals surface area contributed by atoms with Gasteiger partial charge in [0.05, 0.1) is 25.9 Å². The van der Waals surface area contributed by atoms with Gasteiger partial charge in [-0.3, -0.25) is 0 Å². The fourth-order valence-corrected chi connectivity index (χ4v) is 2.80. The molecule has 1 heterocycles. The Morgan fingerprint density at radius 3 is 2.17 bits per heavy atom. The van der Waals surface area contributed by atoms with Gasteiger partial charge in [-0.05, 0) is 11.1 Å². The molecule has 0 radical (unpaired) electrons. The normalized spacial score (nSPS) is 23.5. The molecule has 128 valence electrons. The van der Waals surface area contributed by atoms with E-state index in [1.807, 2.05) is 36.4 Å². The summed E-state index contributed by atoms with van der Waals surface area (Å²) in [5, 5.41) is 0. The Kier molecular flexibility index (Phi) is 6.38. The third-order valence-electron chi connectivity index (χ3n) is 4.13. The summed E-state index contributed by atoms with van der Waals surface area (Å²) in [6.45, 7) is 1.64. The van der Waals surface area contributed by atoms with E-state index in [9.17, 15) is 0 Å². The van der Waals surface area contributed by atoms with E-state index in [1.54, 1.807) is 7.11 Å². The molecule has 1 aliphatic heterocycles. The van der Waals surface area contributed by atoms with Gasteiger partial charge in [-0.15, -0.1) is 0 Å². The summed E-state index contributed by atoms with van der Waals surface area (Å²) in [4.78, 5) is 0. The van der Waals surface area contributed by atoms with Crippen LogP contribution in [0.4, 0.5) is 0 Å². The zero-order valence-corrected chi connectivity index (χ0v) is 14.0. The molecule has 0 amide bonds. The van der Waals surface area contributed by atoms with Crippen LogP contribution in [0.15, 0.2) is 60.7 Å². The number of hydrogen-bond acceptors (Lipinski definition) is 4. The highest BCUT2D eigenvalue weighted by Crippen LogP contribution is 2.25. The first-order chi connectivity index (χ1) is 11.8. The van der Waals surface area contributed by atoms with Crippen LogP contribution in [0.25, 0.3) is 0 Å². The quantitative estimate of drug-likeness (QED) is 0.742. The van der Waals surface area contributed by atoms with Gasteiger partial charge in [0, 0.05) is 13.5 Å². The highest BCUT2D eigenvalue weighted by molar-refractivity contribution is 5.14. The van der Waals surface area contributed by atoms with Gasteiger partial charge in [0.2, 0.25) is 0 Å². The Bertz CT molecular complexity index is 587. The lowest BCUT2D eigenvalue weighted by molar-refractivity contribution is -0.137. The highest BCUT2D eigenvalue weighted by Gasteiger charge is 2.36. The van der Waals surface area contributed by atoms with Crippen LogP contribution in [0.1, 0.15) is 17.5 Å². The summed E-state index contributed by atoms with van der Waals surface area (Å²) in [6, 6.07) is 20.3. The fourth-order valence-electron chi connectivity index (χ4n) is 2.80. The van der Waals surface area contributed by atoms with Crippen LogP contribution < -0.4 is 0 Å². The van der Waals surface area contributed by atoms with Crippen LogP contribution in [0.3, 0.4) is 0 Å². The molecule has 4 nitrogen and oxygen atoms in total. The average molecular weight is 328 g/mol. The number of ether oxygens (including phenoxy) is 4. The first-order valence-corrected chi connectivity index (χ1v) is 8.30. The summed E-state index contributed by atoms with van der Waals surface area (Å²) in [7, 11) is 1.66. The van der Waals surface area contributed by atoms with Crippen LogP contribution in [-0.2, 0) is 32.2 Å². The summed E-state index contributed by atoms with van der Waals surface area (Å²) in [6.07, 6.45) is 0.368. The van der Waals surface area contributed by atoms with Crippen LogP contribution in [0.2, 0.25) is 0 Å². The molecule has 4 heteroatoms. The minimum absolute atomic E-state index is 0.0223. The molecule has 1 fully saturated rings. The number of benzene rings is 2. The van der Waals surface area contributed by atoms with Gasteiger partial charge in [-0.25, -0.2) is 0 Å². The first-order valence-electron chi connectivity index (χ1n) is 8.30. The molecule has 0 spiro atoms. The van der Waals surface area contributed by atoms with Crippen molar-refractivity contribution in [2.75, 3.05) is 13.7 Å². The zero-order chi connectivity index (χ0) is 16.6. The summed E-state index contributed by atoms with van der Waals surface area (Å²) in [5.74, 6) is 0. The SMILES string of the molecule is COC1C[C@@H](OCc2ccccc2)[C@H](COCc2ccccc2)O1. The van der Waals surface area contributed by atoms with E-state index in [4.69, 9.17) is 18.9 Å². The van der Waals surface area contributed by atoms with Crippen molar-refractivity contribution in [1.29, 1.82) is 0 Å². The van der Waals surface area contributed by atoms with Gasteiger partial charge < -0.3 is 18.9 Å². The van der Waals surface area contributed by atoms with Gasteiger partial charge in [0.25, 0.3) is 0 Å². The maximum absolute atomic E-state index is 6.05. The number of hydrogen-bond donors (Lipinski definition) is 0. The van der Waals surface area contributed by atoms with Gasteiger partial charge in [0.1, 0.15) is 6.10 Å². The average Bonchev–Trinajstić information content (AvgIpc) is 3.04. The van der Waals surface area contributed by atoms with E-state index in [-0.39, 0.29) is 18.5 Å². The minimum Gasteiger partial charge on any atom is -0.374 e. The zero-order valence-electron chi connectivity index (χ0n) is 14.0. The molecule has 0 aromatic heterocycles. The topological polar surface area (TPSA) is 36.9 Å². The van der Waals surface area contributed by atoms with Crippen molar-refractivity contribution in [2.45, 2.75) is 38.1 Å². The van der Waals surface area contributed by atoms with Crippen LogP contribution >= 0.6 is 0 Å². The van der Waals surface area contributed by atoms with Crippen molar-refractivity contribution < 1.29 is 18.9 Å². The summed E-state index contributed by atoms with van der Waals surface area (Å²) in [5.41, 5.74) is 2.31. The number of methoxy groups -OCH3 is 1. The Hall–Kier alpha value is -1.72. The van der Waals surface area contributed by atoms with Crippen LogP contribution in [0.5, 0.6) is 0 Å². The predicted molar refractivity (Wildman–Crippen MR) is 91.4 cm³/mol. The van der Waals surface area contributed by atoms with E-state index in [2.05, 4.69) is 24.3 Å². The maximum atomic E-state index is 6.05. The van der Waals surface area contributed by atoms with Crippen molar-refractivity contribution in [2.24, 2.45) is 0 Å². The Balaban J connectivity index is 1.49. The van der Waals surface area contributed by atoms with Crippen molar-refractivity contribution in [3.05, 3.63) is 71.8 Å². The van der Waals surface area contributed by atoms with Crippen molar-refractivity contribution in [3.63, 3.8) is 0 Å². The van der Waals surface area contributed by atoms with Gasteiger partial charge in [-0.2, -0.15) is 0 Å². The van der Waals surface area contributed by atoms with E-state index < -0.39 is 0 Å². The molecule has 1 unspecified atom stereocenters. The monoisotopic (exact) mass is 328 g/mol. The molecule has 0 N–H and O–H groups in total. The third-order valence-corrected chi connectivity index (χ3v) is 4.13. The van der Waals surface area contributed by atoms with E-state index in [0.717, 1.165) is 17.5 Å². The lowest BCUT2D eigenvalue weighted by Gasteiger charge is -2.19. The largest absolute Gasteiger partial charge is 0.374 e. The van der Waals surface area contributed by atoms with Gasteiger partial charge in [-0.1, -0.05) is 60.7 Å². The number of rotatable bonds is 8. The molecule has 2 aromatic carbocycles. The standard InChI is InChI=1S/C20H24O4/c1-21-20-12-18(23-14-17-10-6-3-7-11-17)19(24-20)15-22-13-16-8-4-2-5-9-16/h2-11,18-20H,12-15H2,1H3/t18-,19+,20?/m1/s1. The van der Waals surface area contributed by atoms with E-state index in [1.165, 1.54) is 0 Å². The molecule has 3 rings (SSSR count). The minimum atomic E-state index is -0.226. The lowest BCUT2D eigenvalue weighted by atomic mass is 10.2. The molecule has 3 atom stereocenters. The molecule has 0 saturated carbocycles. The molecular weight excluding hydrogens is 304 g/mol. The molecule has 24 heavy (non-hydrogen) atoms. The Morgan fingerprint density at radius 1 is 0.917 bits per heavy atom. The second-order valence-electron chi connectivity index (χ2n) is 5.91. The molecule has 1 saturated heterocycles. The Labute approximate surface area is 143 Å². The second kappa shape index (κ2) is 8.94. The molecule has 0 aliphatic carbocycles. The molecule has 2 aromatic rings.